The number of amides is 2. The Morgan fingerprint density at radius 3 is 2.97 bits per heavy atom. The number of pyridine rings is 2. The predicted molar refractivity (Wildman–Crippen MR) is 125 cm³/mol. The molecule has 0 aliphatic carbocycles. The second-order valence-electron chi connectivity index (χ2n) is 7.86. The molecule has 8 nitrogen and oxygen atoms in total. The molecule has 166 valence electrons. The van der Waals surface area contributed by atoms with Crippen molar-refractivity contribution >= 4 is 23.2 Å². The topological polar surface area (TPSA) is 111 Å². The maximum absolute atomic E-state index is 13.2. The normalized spacial score (nSPS) is 14.2. The van der Waals surface area contributed by atoms with Gasteiger partial charge in [-0.1, -0.05) is 18.2 Å². The minimum Gasteiger partial charge on any atom is -0.394 e. The van der Waals surface area contributed by atoms with Crippen LogP contribution in [0.3, 0.4) is 0 Å². The van der Waals surface area contributed by atoms with Gasteiger partial charge in [0.25, 0.3) is 0 Å². The maximum atomic E-state index is 13.2. The largest absolute Gasteiger partial charge is 0.394 e. The zero-order chi connectivity index (χ0) is 22.5. The van der Waals surface area contributed by atoms with Crippen molar-refractivity contribution in [1.29, 1.82) is 0 Å². The average molecular weight is 434 g/mol. The smallest absolute Gasteiger partial charge is 0.327 e. The van der Waals surface area contributed by atoms with Gasteiger partial charge in [-0.25, -0.2) is 9.78 Å². The molecule has 3 aromatic rings. The number of urea groups is 1. The van der Waals surface area contributed by atoms with Crippen molar-refractivity contribution in [3.63, 3.8) is 0 Å². The van der Waals surface area contributed by atoms with Crippen LogP contribution in [-0.4, -0.2) is 52.0 Å². The number of nitrogens with zero attached hydrogens (tertiary/aromatic N) is 3. The lowest BCUT2D eigenvalue weighted by atomic mass is 10.0. The number of carbonyl (C=O) groups is 1. The van der Waals surface area contributed by atoms with Gasteiger partial charge < -0.3 is 20.8 Å². The summed E-state index contributed by atoms with van der Waals surface area (Å²) in [5, 5.41) is 25.2. The van der Waals surface area contributed by atoms with E-state index in [-0.39, 0.29) is 12.6 Å². The van der Waals surface area contributed by atoms with E-state index in [1.54, 1.807) is 23.4 Å². The summed E-state index contributed by atoms with van der Waals surface area (Å²) < 4.78 is 0. The molecule has 0 bridgehead atoms. The summed E-state index contributed by atoms with van der Waals surface area (Å²) in [6.07, 6.45) is 3.72. The maximum Gasteiger partial charge on any atom is 0.327 e. The second-order valence-corrected chi connectivity index (χ2v) is 7.86. The van der Waals surface area contributed by atoms with Crippen LogP contribution < -0.4 is 15.5 Å². The van der Waals surface area contributed by atoms with Crippen LogP contribution in [0.15, 0.2) is 54.9 Å². The van der Waals surface area contributed by atoms with Crippen LogP contribution in [0, 0.1) is 6.92 Å². The number of nitrogens with one attached hydrogen (secondary N) is 2. The molecule has 1 aliphatic heterocycles. The SMILES string of the molecule is Cc1cnccc1NC(=O)N1CCCNc2ccc(-c3cccc(CC(O)CO)c3)nc21. The molecule has 1 aliphatic rings. The fourth-order valence-corrected chi connectivity index (χ4v) is 3.71. The zero-order valence-electron chi connectivity index (χ0n) is 18.0. The van der Waals surface area contributed by atoms with E-state index in [9.17, 15) is 9.90 Å². The Kier molecular flexibility index (Phi) is 6.63. The third-order valence-electron chi connectivity index (χ3n) is 5.42. The van der Waals surface area contributed by atoms with E-state index in [2.05, 4.69) is 15.6 Å². The first-order chi connectivity index (χ1) is 15.5. The molecule has 3 heterocycles. The summed E-state index contributed by atoms with van der Waals surface area (Å²) in [6, 6.07) is 13.1. The highest BCUT2D eigenvalue weighted by Gasteiger charge is 2.24. The second kappa shape index (κ2) is 9.76. The van der Waals surface area contributed by atoms with Gasteiger partial charge in [0.15, 0.2) is 5.82 Å². The Labute approximate surface area is 187 Å². The van der Waals surface area contributed by atoms with Crippen LogP contribution in [0.2, 0.25) is 0 Å². The number of fused-ring (bicyclic) bond motifs is 1. The molecule has 4 N–H and O–H groups in total. The average Bonchev–Trinajstić information content (AvgIpc) is 3.02. The fourth-order valence-electron chi connectivity index (χ4n) is 3.71. The minimum absolute atomic E-state index is 0.242. The Bertz CT molecular complexity index is 1100. The van der Waals surface area contributed by atoms with E-state index in [1.807, 2.05) is 43.3 Å². The first-order valence-corrected chi connectivity index (χ1v) is 10.7. The van der Waals surface area contributed by atoms with Gasteiger partial charge in [0.1, 0.15) is 0 Å². The van der Waals surface area contributed by atoms with E-state index in [0.717, 1.165) is 46.7 Å². The lowest BCUT2D eigenvalue weighted by Crippen LogP contribution is -2.36. The molecule has 2 amide bonds. The molecule has 0 spiro atoms. The summed E-state index contributed by atoms with van der Waals surface area (Å²) in [6.45, 7) is 2.90. The van der Waals surface area contributed by atoms with Crippen molar-refractivity contribution in [2.75, 3.05) is 35.2 Å². The molecule has 0 saturated heterocycles. The molecule has 32 heavy (non-hydrogen) atoms. The van der Waals surface area contributed by atoms with E-state index in [1.165, 1.54) is 0 Å². The van der Waals surface area contributed by atoms with Crippen molar-refractivity contribution in [3.05, 3.63) is 66.0 Å². The van der Waals surface area contributed by atoms with Gasteiger partial charge in [-0.2, -0.15) is 0 Å². The first kappa shape index (κ1) is 21.7. The molecule has 2 aromatic heterocycles. The summed E-state index contributed by atoms with van der Waals surface area (Å²) in [4.78, 5) is 23.7. The third-order valence-corrected chi connectivity index (χ3v) is 5.42. The number of hydrogen-bond donors (Lipinski definition) is 4. The Morgan fingerprint density at radius 1 is 1.28 bits per heavy atom. The Balaban J connectivity index is 1.65. The van der Waals surface area contributed by atoms with E-state index in [0.29, 0.717) is 18.8 Å². The van der Waals surface area contributed by atoms with Gasteiger partial charge in [0.05, 0.1) is 24.1 Å². The Morgan fingerprint density at radius 2 is 2.16 bits per heavy atom. The molecule has 1 unspecified atom stereocenters. The monoisotopic (exact) mass is 433 g/mol. The van der Waals surface area contributed by atoms with Crippen molar-refractivity contribution < 1.29 is 15.0 Å². The molecule has 1 atom stereocenters. The number of rotatable bonds is 5. The Hall–Kier alpha value is -3.49. The molecule has 0 fully saturated rings. The molecule has 1 aromatic carbocycles. The van der Waals surface area contributed by atoms with Crippen molar-refractivity contribution in [2.24, 2.45) is 0 Å². The van der Waals surface area contributed by atoms with Gasteiger partial charge in [-0.05, 0) is 48.7 Å². The quantitative estimate of drug-likeness (QED) is 0.492. The number of aromatic nitrogens is 2. The van der Waals surface area contributed by atoms with Crippen molar-refractivity contribution in [1.82, 2.24) is 9.97 Å². The van der Waals surface area contributed by atoms with Gasteiger partial charge in [0.2, 0.25) is 0 Å². The highest BCUT2D eigenvalue weighted by molar-refractivity contribution is 6.03. The van der Waals surface area contributed by atoms with Gasteiger partial charge in [-0.15, -0.1) is 0 Å². The first-order valence-electron chi connectivity index (χ1n) is 10.7. The van der Waals surface area contributed by atoms with E-state index < -0.39 is 6.10 Å². The predicted octanol–water partition coefficient (Wildman–Crippen LogP) is 3.20. The standard InChI is InChI=1S/C24H27N5O3/c1-16-14-25-10-8-20(16)28-24(32)29-11-3-9-26-22-7-6-21(27-23(22)29)18-5-2-4-17(12-18)13-19(31)15-30/h2,4-8,10,12,14,19,26,30-31H,3,9,11,13,15H2,1H3,(H,25,28,32). The van der Waals surface area contributed by atoms with E-state index in [4.69, 9.17) is 10.1 Å². The minimum atomic E-state index is -0.801. The summed E-state index contributed by atoms with van der Waals surface area (Å²) in [5.41, 5.74) is 4.92. The molecule has 0 radical (unpaired) electrons. The highest BCUT2D eigenvalue weighted by atomic mass is 16.3. The molecular weight excluding hydrogens is 406 g/mol. The number of hydrogen-bond acceptors (Lipinski definition) is 6. The summed E-state index contributed by atoms with van der Waals surface area (Å²) in [7, 11) is 0. The molecular formula is C24H27N5O3. The van der Waals surface area contributed by atoms with Crippen LogP contribution >= 0.6 is 0 Å². The number of aliphatic hydroxyl groups is 2. The van der Waals surface area contributed by atoms with Crippen LogP contribution in [0.5, 0.6) is 0 Å². The van der Waals surface area contributed by atoms with Crippen LogP contribution in [0.4, 0.5) is 22.0 Å². The molecule has 0 saturated carbocycles. The molecule has 8 heteroatoms. The van der Waals surface area contributed by atoms with Gasteiger partial charge >= 0.3 is 6.03 Å². The van der Waals surface area contributed by atoms with Crippen molar-refractivity contribution in [2.45, 2.75) is 25.9 Å². The van der Waals surface area contributed by atoms with Crippen LogP contribution in [-0.2, 0) is 6.42 Å². The van der Waals surface area contributed by atoms with Crippen LogP contribution in [0.25, 0.3) is 11.3 Å². The number of aliphatic hydroxyl groups excluding tert-OH is 2. The number of aryl methyl sites for hydroxylation is 1. The van der Waals surface area contributed by atoms with Crippen LogP contribution in [0.1, 0.15) is 17.5 Å². The number of anilines is 3. The van der Waals surface area contributed by atoms with E-state index >= 15 is 0 Å². The van der Waals surface area contributed by atoms with Gasteiger partial charge in [-0.3, -0.25) is 9.88 Å². The zero-order valence-corrected chi connectivity index (χ0v) is 18.0. The molecule has 4 rings (SSSR count). The van der Waals surface area contributed by atoms with Crippen molar-refractivity contribution in [3.8, 4) is 11.3 Å². The number of carbonyl (C=O) groups excluding carboxylic acids is 1. The fraction of sp³-hybridized carbons (Fsp3) is 0.292. The van der Waals surface area contributed by atoms with Gasteiger partial charge in [0, 0.05) is 43.2 Å². The number of benzene rings is 1. The lowest BCUT2D eigenvalue weighted by molar-refractivity contribution is 0.0955. The third kappa shape index (κ3) is 4.87. The highest BCUT2D eigenvalue weighted by Crippen LogP contribution is 2.31. The lowest BCUT2D eigenvalue weighted by Gasteiger charge is -2.23. The summed E-state index contributed by atoms with van der Waals surface area (Å²) >= 11 is 0. The summed E-state index contributed by atoms with van der Waals surface area (Å²) in [5.74, 6) is 0.574.